The van der Waals surface area contributed by atoms with Gasteiger partial charge in [0, 0.05) is 6.54 Å². The lowest BCUT2D eigenvalue weighted by atomic mass is 10.4. The maximum Gasteiger partial charge on any atom is 0.105 e. The van der Waals surface area contributed by atoms with Crippen LogP contribution in [-0.2, 0) is 6.54 Å². The SMILES string of the molecule is CCn1c(Br)c(Br)c(C#N)c1Br. The number of hydrogen-bond donors (Lipinski definition) is 0. The minimum atomic E-state index is 0.628. The molecule has 0 unspecified atom stereocenters. The van der Waals surface area contributed by atoms with Crippen LogP contribution in [0.4, 0.5) is 0 Å². The molecule has 12 heavy (non-hydrogen) atoms. The van der Waals surface area contributed by atoms with Crippen molar-refractivity contribution in [1.29, 1.82) is 5.26 Å². The first-order chi connectivity index (χ1) is 5.63. The van der Waals surface area contributed by atoms with E-state index < -0.39 is 0 Å². The van der Waals surface area contributed by atoms with Crippen LogP contribution in [0.2, 0.25) is 0 Å². The van der Waals surface area contributed by atoms with Crippen LogP contribution < -0.4 is 0 Å². The maximum atomic E-state index is 8.79. The second-order valence-corrected chi connectivity index (χ2v) is 4.42. The van der Waals surface area contributed by atoms with Gasteiger partial charge >= 0.3 is 0 Å². The van der Waals surface area contributed by atoms with Gasteiger partial charge in [-0.15, -0.1) is 0 Å². The van der Waals surface area contributed by atoms with Crippen molar-refractivity contribution in [3.05, 3.63) is 19.2 Å². The lowest BCUT2D eigenvalue weighted by molar-refractivity contribution is 0.733. The number of nitriles is 1. The maximum absolute atomic E-state index is 8.79. The van der Waals surface area contributed by atoms with Gasteiger partial charge in [-0.2, -0.15) is 5.26 Å². The largest absolute Gasteiger partial charge is 0.328 e. The van der Waals surface area contributed by atoms with E-state index >= 15 is 0 Å². The molecule has 1 aromatic heterocycles. The van der Waals surface area contributed by atoms with Gasteiger partial charge < -0.3 is 4.57 Å². The highest BCUT2D eigenvalue weighted by atomic mass is 79.9. The van der Waals surface area contributed by atoms with Crippen molar-refractivity contribution < 1.29 is 0 Å². The summed E-state index contributed by atoms with van der Waals surface area (Å²) in [5, 5.41) is 8.79. The third-order valence-electron chi connectivity index (χ3n) is 1.51. The average molecular weight is 357 g/mol. The molecular weight excluding hydrogens is 352 g/mol. The Hall–Kier alpha value is 0.210. The van der Waals surface area contributed by atoms with Crippen molar-refractivity contribution in [3.8, 4) is 6.07 Å². The van der Waals surface area contributed by atoms with Crippen LogP contribution in [-0.4, -0.2) is 4.57 Å². The molecule has 0 saturated heterocycles. The Balaban J connectivity index is 3.45. The van der Waals surface area contributed by atoms with Gasteiger partial charge in [0.2, 0.25) is 0 Å². The highest BCUT2D eigenvalue weighted by Gasteiger charge is 2.16. The van der Waals surface area contributed by atoms with Gasteiger partial charge in [-0.3, -0.25) is 0 Å². The first-order valence-electron chi connectivity index (χ1n) is 3.26. The van der Waals surface area contributed by atoms with E-state index in [1.54, 1.807) is 0 Å². The zero-order valence-corrected chi connectivity index (χ0v) is 11.0. The highest BCUT2D eigenvalue weighted by molar-refractivity contribution is 9.13. The molecule has 0 aliphatic carbocycles. The number of aromatic nitrogens is 1. The molecule has 0 bridgehead atoms. The Labute approximate surface area is 95.9 Å². The monoisotopic (exact) mass is 354 g/mol. The second-order valence-electron chi connectivity index (χ2n) is 2.13. The highest BCUT2D eigenvalue weighted by Crippen LogP contribution is 2.35. The number of hydrogen-bond acceptors (Lipinski definition) is 1. The Bertz CT molecular complexity index is 349. The summed E-state index contributed by atoms with van der Waals surface area (Å²) in [6.45, 7) is 2.84. The fraction of sp³-hybridized carbons (Fsp3) is 0.286. The molecule has 0 fully saturated rings. The minimum Gasteiger partial charge on any atom is -0.328 e. The van der Waals surface area contributed by atoms with Gasteiger partial charge in [0.15, 0.2) is 0 Å². The topological polar surface area (TPSA) is 28.7 Å². The summed E-state index contributed by atoms with van der Waals surface area (Å²) in [5.41, 5.74) is 0.628. The molecule has 0 atom stereocenters. The Morgan fingerprint density at radius 2 is 1.92 bits per heavy atom. The van der Waals surface area contributed by atoms with E-state index in [0.717, 1.165) is 20.2 Å². The first-order valence-corrected chi connectivity index (χ1v) is 5.64. The van der Waals surface area contributed by atoms with Crippen LogP contribution in [0, 0.1) is 11.3 Å². The van der Waals surface area contributed by atoms with Gasteiger partial charge in [0.25, 0.3) is 0 Å². The summed E-state index contributed by atoms with van der Waals surface area (Å²) in [7, 11) is 0. The molecule has 0 N–H and O–H groups in total. The Kier molecular flexibility index (Phi) is 3.38. The Morgan fingerprint density at radius 1 is 1.33 bits per heavy atom. The van der Waals surface area contributed by atoms with E-state index in [2.05, 4.69) is 53.9 Å². The van der Waals surface area contributed by atoms with Crippen LogP contribution >= 0.6 is 47.8 Å². The summed E-state index contributed by atoms with van der Waals surface area (Å²) in [6, 6.07) is 2.11. The molecule has 64 valence electrons. The number of nitrogens with zero attached hydrogens (tertiary/aromatic N) is 2. The van der Waals surface area contributed by atoms with Crippen LogP contribution in [0.15, 0.2) is 13.7 Å². The summed E-state index contributed by atoms with van der Waals surface area (Å²) in [5.74, 6) is 0. The van der Waals surface area contributed by atoms with E-state index in [1.165, 1.54) is 0 Å². The molecule has 5 heteroatoms. The smallest absolute Gasteiger partial charge is 0.105 e. The average Bonchev–Trinajstić information content (AvgIpc) is 2.25. The summed E-state index contributed by atoms with van der Waals surface area (Å²) in [6.07, 6.45) is 0. The van der Waals surface area contributed by atoms with Crippen molar-refractivity contribution >= 4 is 47.8 Å². The van der Waals surface area contributed by atoms with Gasteiger partial charge in [0.1, 0.15) is 15.3 Å². The minimum absolute atomic E-state index is 0.628. The van der Waals surface area contributed by atoms with Crippen LogP contribution in [0.5, 0.6) is 0 Å². The fourth-order valence-corrected chi connectivity index (χ4v) is 3.24. The molecule has 1 rings (SSSR count). The van der Waals surface area contributed by atoms with Crippen molar-refractivity contribution in [2.75, 3.05) is 0 Å². The standard InChI is InChI=1S/C7H5Br3N2/c1-2-12-6(9)4(3-11)5(8)7(12)10/h2H2,1H3. The quantitative estimate of drug-likeness (QED) is 0.754. The predicted octanol–water partition coefficient (Wildman–Crippen LogP) is 3.67. The summed E-state index contributed by atoms with van der Waals surface area (Å²) >= 11 is 10.1. The second kappa shape index (κ2) is 3.95. The summed E-state index contributed by atoms with van der Waals surface area (Å²) in [4.78, 5) is 0. The lowest BCUT2D eigenvalue weighted by Gasteiger charge is -2.00. The van der Waals surface area contributed by atoms with E-state index in [1.807, 2.05) is 11.5 Å². The van der Waals surface area contributed by atoms with Gasteiger partial charge in [-0.05, 0) is 54.7 Å². The third-order valence-corrected chi connectivity index (χ3v) is 4.46. The molecule has 0 aliphatic heterocycles. The normalized spacial score (nSPS) is 9.92. The number of halogens is 3. The van der Waals surface area contributed by atoms with E-state index in [0.29, 0.717) is 5.56 Å². The van der Waals surface area contributed by atoms with Crippen molar-refractivity contribution in [2.24, 2.45) is 0 Å². The Morgan fingerprint density at radius 3 is 2.17 bits per heavy atom. The molecule has 2 nitrogen and oxygen atoms in total. The molecule has 0 amide bonds. The summed E-state index contributed by atoms with van der Waals surface area (Å²) < 4.78 is 4.47. The third kappa shape index (κ3) is 1.48. The molecule has 0 spiro atoms. The molecule has 1 heterocycles. The van der Waals surface area contributed by atoms with E-state index in [9.17, 15) is 0 Å². The van der Waals surface area contributed by atoms with Crippen LogP contribution in [0.1, 0.15) is 12.5 Å². The molecule has 1 aromatic rings. The van der Waals surface area contributed by atoms with Crippen LogP contribution in [0.3, 0.4) is 0 Å². The van der Waals surface area contributed by atoms with Gasteiger partial charge in [0.05, 0.1) is 10.0 Å². The van der Waals surface area contributed by atoms with E-state index in [4.69, 9.17) is 5.26 Å². The zero-order valence-electron chi connectivity index (χ0n) is 6.24. The first kappa shape index (κ1) is 10.3. The van der Waals surface area contributed by atoms with Gasteiger partial charge in [-0.25, -0.2) is 0 Å². The van der Waals surface area contributed by atoms with Crippen LogP contribution in [0.25, 0.3) is 0 Å². The zero-order chi connectivity index (χ0) is 9.30. The van der Waals surface area contributed by atoms with E-state index in [-0.39, 0.29) is 0 Å². The molecule has 0 saturated carbocycles. The fourth-order valence-electron chi connectivity index (χ4n) is 0.906. The van der Waals surface area contributed by atoms with Gasteiger partial charge in [-0.1, -0.05) is 0 Å². The molecular formula is C7H5Br3N2. The molecule has 0 aromatic carbocycles. The van der Waals surface area contributed by atoms with Crippen molar-refractivity contribution in [1.82, 2.24) is 4.57 Å². The molecule has 0 aliphatic rings. The van der Waals surface area contributed by atoms with Crippen molar-refractivity contribution in [2.45, 2.75) is 13.5 Å². The number of rotatable bonds is 1. The molecule has 0 radical (unpaired) electrons. The predicted molar refractivity (Wildman–Crippen MR) is 57.9 cm³/mol. The lowest BCUT2D eigenvalue weighted by Crippen LogP contribution is -1.93. The van der Waals surface area contributed by atoms with Crippen molar-refractivity contribution in [3.63, 3.8) is 0 Å².